The van der Waals surface area contributed by atoms with Crippen LogP contribution < -0.4 is 5.32 Å². The van der Waals surface area contributed by atoms with E-state index in [0.29, 0.717) is 19.2 Å². The van der Waals surface area contributed by atoms with Gasteiger partial charge in [-0.1, -0.05) is 30.3 Å². The van der Waals surface area contributed by atoms with Crippen molar-refractivity contribution < 1.29 is 29.0 Å². The van der Waals surface area contributed by atoms with E-state index in [4.69, 9.17) is 10.3 Å². The summed E-state index contributed by atoms with van der Waals surface area (Å²) in [5.74, 6) is -2.34. The number of Topliss-reactive ketones (excluding diaryl/α,β-unsaturated/α-hetero) is 1. The van der Waals surface area contributed by atoms with Crippen molar-refractivity contribution in [3.63, 3.8) is 0 Å². The molecule has 0 saturated heterocycles. The number of aliphatic carboxylic acids is 1. The van der Waals surface area contributed by atoms with Crippen LogP contribution in [-0.4, -0.2) is 52.5 Å². The molecule has 0 fully saturated rings. The number of nitrogens with one attached hydrogen (secondary N) is 1. The van der Waals surface area contributed by atoms with E-state index in [1.54, 1.807) is 6.92 Å². The van der Waals surface area contributed by atoms with Crippen LogP contribution in [0.4, 0.5) is 0 Å². The molecule has 134 valence electrons. The fourth-order valence-electron chi connectivity index (χ4n) is 2.19. The standard InChI is InChI=1S/C17H21N3O5/c1-2-25-15(10-12-6-4-3-5-7-12)16(22)20-14(17(23)24)9-8-13(21)11-19-18/h3-7,11,14-15H,2,8-10H2,1H3,(H,20,22)(H,23,24). The van der Waals surface area contributed by atoms with E-state index >= 15 is 0 Å². The van der Waals surface area contributed by atoms with Gasteiger partial charge in [0.05, 0.1) is 0 Å². The predicted octanol–water partition coefficient (Wildman–Crippen LogP) is 0.853. The Labute approximate surface area is 145 Å². The summed E-state index contributed by atoms with van der Waals surface area (Å²) in [4.78, 5) is 37.5. The van der Waals surface area contributed by atoms with Crippen LogP contribution >= 0.6 is 0 Å². The highest BCUT2D eigenvalue weighted by molar-refractivity contribution is 6.25. The van der Waals surface area contributed by atoms with Crippen molar-refractivity contribution in [1.29, 1.82) is 0 Å². The number of carboxylic acids is 1. The summed E-state index contributed by atoms with van der Waals surface area (Å²) in [5, 5.41) is 11.6. The molecule has 0 heterocycles. The predicted molar refractivity (Wildman–Crippen MR) is 89.1 cm³/mol. The number of ketones is 1. The summed E-state index contributed by atoms with van der Waals surface area (Å²) in [6.07, 6.45) is -0.110. The van der Waals surface area contributed by atoms with Gasteiger partial charge in [-0.05, 0) is 18.9 Å². The van der Waals surface area contributed by atoms with Gasteiger partial charge < -0.3 is 20.7 Å². The first-order valence-electron chi connectivity index (χ1n) is 7.86. The van der Waals surface area contributed by atoms with Crippen LogP contribution in [0.15, 0.2) is 30.3 Å². The number of benzene rings is 1. The quantitative estimate of drug-likeness (QED) is 0.348. The van der Waals surface area contributed by atoms with E-state index in [1.807, 2.05) is 30.3 Å². The Bertz CT molecular complexity index is 641. The minimum absolute atomic E-state index is 0.115. The maximum Gasteiger partial charge on any atom is 0.326 e. The summed E-state index contributed by atoms with van der Waals surface area (Å²) < 4.78 is 5.43. The van der Waals surface area contributed by atoms with Crippen molar-refractivity contribution in [2.24, 2.45) is 0 Å². The lowest BCUT2D eigenvalue weighted by Gasteiger charge is -2.20. The van der Waals surface area contributed by atoms with Gasteiger partial charge in [0.15, 0.2) is 0 Å². The Balaban J connectivity index is 2.72. The Morgan fingerprint density at radius 3 is 2.56 bits per heavy atom. The van der Waals surface area contributed by atoms with Gasteiger partial charge in [0.1, 0.15) is 12.1 Å². The molecular weight excluding hydrogens is 326 g/mol. The first-order valence-corrected chi connectivity index (χ1v) is 7.86. The maximum atomic E-state index is 12.4. The number of rotatable bonds is 11. The van der Waals surface area contributed by atoms with Crippen LogP contribution in [0.5, 0.6) is 0 Å². The molecule has 0 aromatic heterocycles. The fourth-order valence-corrected chi connectivity index (χ4v) is 2.19. The normalized spacial score (nSPS) is 12.5. The number of amides is 1. The van der Waals surface area contributed by atoms with Crippen LogP contribution in [-0.2, 0) is 25.5 Å². The number of ether oxygens (including phenoxy) is 1. The number of carbonyl (C=O) groups is 3. The van der Waals surface area contributed by atoms with Gasteiger partial charge in [0.2, 0.25) is 11.7 Å². The molecule has 0 bridgehead atoms. The van der Waals surface area contributed by atoms with Gasteiger partial charge in [-0.3, -0.25) is 9.59 Å². The molecule has 1 aromatic carbocycles. The van der Waals surface area contributed by atoms with Gasteiger partial charge in [-0.15, -0.1) is 0 Å². The van der Waals surface area contributed by atoms with E-state index in [-0.39, 0.29) is 12.8 Å². The maximum absolute atomic E-state index is 12.4. The minimum atomic E-state index is -1.25. The first-order chi connectivity index (χ1) is 12.0. The highest BCUT2D eigenvalue weighted by atomic mass is 16.5. The second-order valence-corrected chi connectivity index (χ2v) is 5.28. The molecule has 8 nitrogen and oxygen atoms in total. The highest BCUT2D eigenvalue weighted by Gasteiger charge is 2.26. The van der Waals surface area contributed by atoms with Crippen molar-refractivity contribution >= 4 is 23.9 Å². The molecule has 1 amide bonds. The van der Waals surface area contributed by atoms with Crippen LogP contribution in [0.3, 0.4) is 0 Å². The largest absolute Gasteiger partial charge is 0.480 e. The van der Waals surface area contributed by atoms with Crippen molar-refractivity contribution in [2.75, 3.05) is 6.61 Å². The second-order valence-electron chi connectivity index (χ2n) is 5.28. The number of hydrogen-bond acceptors (Lipinski definition) is 4. The van der Waals surface area contributed by atoms with Gasteiger partial charge in [0.25, 0.3) is 0 Å². The molecule has 2 N–H and O–H groups in total. The molecule has 8 heteroatoms. The van der Waals surface area contributed by atoms with Crippen LogP contribution in [0.25, 0.3) is 5.53 Å². The first kappa shape index (κ1) is 20.2. The van der Waals surface area contributed by atoms with E-state index < -0.39 is 29.8 Å². The molecule has 25 heavy (non-hydrogen) atoms. The average molecular weight is 347 g/mol. The van der Waals surface area contributed by atoms with Crippen molar-refractivity contribution in [2.45, 2.75) is 38.3 Å². The summed E-state index contributed by atoms with van der Waals surface area (Å²) in [6.45, 7) is 2.04. The molecule has 0 aliphatic carbocycles. The summed E-state index contributed by atoms with van der Waals surface area (Å²) in [6, 6.07) is 7.99. The third kappa shape index (κ3) is 7.52. The Kier molecular flexibility index (Phi) is 8.78. The highest BCUT2D eigenvalue weighted by Crippen LogP contribution is 2.08. The average Bonchev–Trinajstić information content (AvgIpc) is 2.59. The Hall–Kier alpha value is -2.83. The van der Waals surface area contributed by atoms with Crippen LogP contribution in [0.1, 0.15) is 25.3 Å². The number of hydrogen-bond donors (Lipinski definition) is 2. The molecule has 0 aliphatic rings. The molecule has 0 aliphatic heterocycles. The fraction of sp³-hybridized carbons (Fsp3) is 0.412. The third-order valence-corrected chi connectivity index (χ3v) is 3.42. The summed E-state index contributed by atoms with van der Waals surface area (Å²) in [5.41, 5.74) is 9.16. The smallest absolute Gasteiger partial charge is 0.326 e. The van der Waals surface area contributed by atoms with E-state index in [0.717, 1.165) is 5.56 Å². The second kappa shape index (κ2) is 10.9. The molecule has 1 aromatic rings. The molecule has 1 rings (SSSR count). The summed E-state index contributed by atoms with van der Waals surface area (Å²) in [7, 11) is 0. The van der Waals surface area contributed by atoms with Crippen LogP contribution in [0, 0.1) is 0 Å². The van der Waals surface area contributed by atoms with Crippen molar-refractivity contribution in [3.8, 4) is 0 Å². The zero-order valence-corrected chi connectivity index (χ0v) is 13.9. The van der Waals surface area contributed by atoms with Gasteiger partial charge in [-0.25, -0.2) is 4.79 Å². The van der Waals surface area contributed by atoms with Gasteiger partial charge >= 0.3 is 12.2 Å². The van der Waals surface area contributed by atoms with Crippen molar-refractivity contribution in [1.82, 2.24) is 5.32 Å². The monoisotopic (exact) mass is 347 g/mol. The van der Waals surface area contributed by atoms with Gasteiger partial charge in [-0.2, -0.15) is 4.79 Å². The lowest BCUT2D eigenvalue weighted by molar-refractivity contribution is -0.144. The summed E-state index contributed by atoms with van der Waals surface area (Å²) >= 11 is 0. The SMILES string of the molecule is CCOC(Cc1ccccc1)C(=O)NC(CCC(=O)C=[N+]=[N-])C(=O)O. The van der Waals surface area contributed by atoms with Crippen molar-refractivity contribution in [3.05, 3.63) is 41.4 Å². The molecule has 2 unspecified atom stereocenters. The molecule has 0 radical (unpaired) electrons. The minimum Gasteiger partial charge on any atom is -0.480 e. The topological polar surface area (TPSA) is 129 Å². The van der Waals surface area contributed by atoms with E-state index in [1.165, 1.54) is 0 Å². The molecule has 0 saturated carbocycles. The Morgan fingerprint density at radius 2 is 2.00 bits per heavy atom. The zero-order chi connectivity index (χ0) is 18.7. The lowest BCUT2D eigenvalue weighted by atomic mass is 10.1. The lowest BCUT2D eigenvalue weighted by Crippen LogP contribution is -2.47. The number of carboxylic acid groups (broad SMARTS) is 1. The third-order valence-electron chi connectivity index (χ3n) is 3.42. The van der Waals surface area contributed by atoms with E-state index in [9.17, 15) is 19.5 Å². The van der Waals surface area contributed by atoms with E-state index in [2.05, 4.69) is 10.1 Å². The van der Waals surface area contributed by atoms with Gasteiger partial charge in [0, 0.05) is 19.4 Å². The molecular formula is C17H21N3O5. The molecule has 0 spiro atoms. The zero-order valence-electron chi connectivity index (χ0n) is 13.9. The number of carbonyl (C=O) groups excluding carboxylic acids is 2. The molecule has 2 atom stereocenters. The Morgan fingerprint density at radius 1 is 1.32 bits per heavy atom. The number of nitrogens with zero attached hydrogens (tertiary/aromatic N) is 2. The van der Waals surface area contributed by atoms with Crippen LogP contribution in [0.2, 0.25) is 0 Å².